The summed E-state index contributed by atoms with van der Waals surface area (Å²) in [5, 5.41) is 5.94. The topological polar surface area (TPSA) is 98.0 Å². The van der Waals surface area contributed by atoms with E-state index in [1.54, 1.807) is 7.11 Å². The van der Waals surface area contributed by atoms with Gasteiger partial charge < -0.3 is 25.8 Å². The van der Waals surface area contributed by atoms with Gasteiger partial charge in [-0.05, 0) is 32.8 Å². The molecule has 0 saturated carbocycles. The predicted octanol–water partition coefficient (Wildman–Crippen LogP) is 3.73. The molecule has 1 atom stereocenters. The molecular formula is C19H33IN4O3. The molecule has 27 heavy (non-hydrogen) atoms. The van der Waals surface area contributed by atoms with Crippen LogP contribution in [0.4, 0.5) is 10.5 Å². The van der Waals surface area contributed by atoms with E-state index in [1.165, 1.54) is 0 Å². The van der Waals surface area contributed by atoms with Crippen LogP contribution in [0.3, 0.4) is 0 Å². The molecule has 1 aromatic carbocycles. The van der Waals surface area contributed by atoms with Gasteiger partial charge in [0.1, 0.15) is 5.60 Å². The minimum Gasteiger partial charge on any atom is -0.444 e. The number of amides is 1. The fourth-order valence-corrected chi connectivity index (χ4v) is 2.18. The van der Waals surface area contributed by atoms with Crippen LogP contribution in [0.25, 0.3) is 0 Å². The summed E-state index contributed by atoms with van der Waals surface area (Å²) < 4.78 is 10.5. The van der Waals surface area contributed by atoms with E-state index in [0.29, 0.717) is 13.2 Å². The van der Waals surface area contributed by atoms with E-state index in [-0.39, 0.29) is 41.9 Å². The molecule has 1 unspecified atom stereocenters. The normalized spacial score (nSPS) is 12.9. The summed E-state index contributed by atoms with van der Waals surface area (Å²) in [5.41, 5.74) is 7.30. The van der Waals surface area contributed by atoms with Gasteiger partial charge in [0.25, 0.3) is 0 Å². The molecule has 0 aliphatic carbocycles. The van der Waals surface area contributed by atoms with Crippen molar-refractivity contribution in [3.05, 3.63) is 29.8 Å². The van der Waals surface area contributed by atoms with Gasteiger partial charge in [0.2, 0.25) is 0 Å². The van der Waals surface area contributed by atoms with Crippen molar-refractivity contribution in [2.75, 3.05) is 19.0 Å². The van der Waals surface area contributed by atoms with Gasteiger partial charge in [0.15, 0.2) is 5.96 Å². The number of carbonyl (C=O) groups is 1. The molecule has 7 nitrogen and oxygen atoms in total. The summed E-state index contributed by atoms with van der Waals surface area (Å²) in [5.74, 6) is 0.463. The lowest BCUT2D eigenvalue weighted by Gasteiger charge is -2.25. The first-order valence-electron chi connectivity index (χ1n) is 8.75. The maximum Gasteiger partial charge on any atom is 0.407 e. The summed E-state index contributed by atoms with van der Waals surface area (Å²) in [6.07, 6.45) is -0.455. The van der Waals surface area contributed by atoms with E-state index in [2.05, 4.69) is 15.6 Å². The van der Waals surface area contributed by atoms with Gasteiger partial charge in [-0.3, -0.25) is 4.99 Å². The summed E-state index contributed by atoms with van der Waals surface area (Å²) in [6.45, 7) is 10.3. The van der Waals surface area contributed by atoms with Gasteiger partial charge in [-0.15, -0.1) is 24.0 Å². The van der Waals surface area contributed by atoms with Crippen LogP contribution in [-0.4, -0.2) is 37.4 Å². The Bertz CT molecular complexity index is 615. The zero-order chi connectivity index (χ0) is 19.7. The monoisotopic (exact) mass is 492 g/mol. The fraction of sp³-hybridized carbons (Fsp3) is 0.579. The first-order valence-corrected chi connectivity index (χ1v) is 8.75. The molecule has 0 saturated heterocycles. The molecule has 1 aromatic rings. The Hall–Kier alpha value is -1.55. The minimum atomic E-state index is -0.541. The van der Waals surface area contributed by atoms with Gasteiger partial charge in [-0.25, -0.2) is 4.79 Å². The zero-order valence-electron chi connectivity index (χ0n) is 17.0. The summed E-state index contributed by atoms with van der Waals surface area (Å²) in [7, 11) is 1.64. The Morgan fingerprint density at radius 1 is 1.26 bits per heavy atom. The highest BCUT2D eigenvalue weighted by molar-refractivity contribution is 14.0. The first-order chi connectivity index (χ1) is 12.1. The molecule has 0 bridgehead atoms. The number of hydrogen-bond acceptors (Lipinski definition) is 4. The second-order valence-electron chi connectivity index (χ2n) is 7.44. The number of carbonyl (C=O) groups excluding carboxylic acids is 1. The standard InChI is InChI=1S/C19H32N4O3.HI/c1-13(2)16(23-18(24)26-19(3,4)5)11-21-17(20)22-15-10-8-7-9-14(15)12-25-6;/h7-10,13,16H,11-12H2,1-6H3,(H,23,24)(H3,20,21,22);1H. The van der Waals surface area contributed by atoms with Crippen LogP contribution in [0.15, 0.2) is 29.3 Å². The van der Waals surface area contributed by atoms with Crippen LogP contribution in [0.1, 0.15) is 40.2 Å². The largest absolute Gasteiger partial charge is 0.444 e. The maximum absolute atomic E-state index is 12.0. The van der Waals surface area contributed by atoms with E-state index in [4.69, 9.17) is 15.2 Å². The number of methoxy groups -OCH3 is 1. The van der Waals surface area contributed by atoms with Crippen LogP contribution >= 0.6 is 24.0 Å². The molecule has 0 fully saturated rings. The van der Waals surface area contributed by atoms with Gasteiger partial charge in [0, 0.05) is 18.4 Å². The number of alkyl carbamates (subject to hydrolysis) is 1. The first kappa shape index (κ1) is 25.4. The Balaban J connectivity index is 0.00000676. The number of para-hydroxylation sites is 1. The molecule has 154 valence electrons. The molecule has 0 radical (unpaired) electrons. The number of rotatable bonds is 7. The second kappa shape index (κ2) is 12.0. The summed E-state index contributed by atoms with van der Waals surface area (Å²) in [6, 6.07) is 7.54. The Morgan fingerprint density at radius 2 is 1.89 bits per heavy atom. The highest BCUT2D eigenvalue weighted by Gasteiger charge is 2.21. The lowest BCUT2D eigenvalue weighted by atomic mass is 10.1. The molecule has 0 heterocycles. The number of benzene rings is 1. The fourth-order valence-electron chi connectivity index (χ4n) is 2.18. The Kier molecular flexibility index (Phi) is 11.3. The molecule has 1 amide bonds. The van der Waals surface area contributed by atoms with Crippen molar-refractivity contribution in [1.82, 2.24) is 5.32 Å². The van der Waals surface area contributed by atoms with Crippen molar-refractivity contribution < 1.29 is 14.3 Å². The van der Waals surface area contributed by atoms with Crippen LogP contribution in [-0.2, 0) is 16.1 Å². The molecule has 1 rings (SSSR count). The van der Waals surface area contributed by atoms with Crippen molar-refractivity contribution in [2.24, 2.45) is 16.6 Å². The van der Waals surface area contributed by atoms with Crippen LogP contribution < -0.4 is 16.4 Å². The van der Waals surface area contributed by atoms with Crippen molar-refractivity contribution in [3.63, 3.8) is 0 Å². The SMILES string of the molecule is COCc1ccccc1NC(N)=NCC(NC(=O)OC(C)(C)C)C(C)C.I. The number of guanidine groups is 1. The van der Waals surface area contributed by atoms with E-state index in [1.807, 2.05) is 58.9 Å². The Morgan fingerprint density at radius 3 is 2.44 bits per heavy atom. The molecule has 0 spiro atoms. The average Bonchev–Trinajstić information content (AvgIpc) is 2.51. The molecule has 8 heteroatoms. The highest BCUT2D eigenvalue weighted by atomic mass is 127. The molecular weight excluding hydrogens is 459 g/mol. The Labute approximate surface area is 179 Å². The van der Waals surface area contributed by atoms with Crippen molar-refractivity contribution in [1.29, 1.82) is 0 Å². The maximum atomic E-state index is 12.0. The van der Waals surface area contributed by atoms with Crippen molar-refractivity contribution >= 4 is 41.7 Å². The van der Waals surface area contributed by atoms with Crippen LogP contribution in [0, 0.1) is 5.92 Å². The van der Waals surface area contributed by atoms with E-state index in [9.17, 15) is 4.79 Å². The lowest BCUT2D eigenvalue weighted by Crippen LogP contribution is -2.44. The third-order valence-corrected chi connectivity index (χ3v) is 3.55. The minimum absolute atomic E-state index is 0. The van der Waals surface area contributed by atoms with Crippen molar-refractivity contribution in [3.8, 4) is 0 Å². The van der Waals surface area contributed by atoms with E-state index >= 15 is 0 Å². The number of nitrogens with zero attached hydrogens (tertiary/aromatic N) is 1. The van der Waals surface area contributed by atoms with Gasteiger partial charge >= 0.3 is 6.09 Å². The van der Waals surface area contributed by atoms with Gasteiger partial charge in [-0.1, -0.05) is 32.0 Å². The smallest absolute Gasteiger partial charge is 0.407 e. The number of ether oxygens (including phenoxy) is 2. The van der Waals surface area contributed by atoms with E-state index < -0.39 is 11.7 Å². The third kappa shape index (κ3) is 10.4. The zero-order valence-corrected chi connectivity index (χ0v) is 19.4. The number of nitrogens with one attached hydrogen (secondary N) is 2. The second-order valence-corrected chi connectivity index (χ2v) is 7.44. The average molecular weight is 492 g/mol. The molecule has 4 N–H and O–H groups in total. The third-order valence-electron chi connectivity index (χ3n) is 3.55. The quantitative estimate of drug-likeness (QED) is 0.306. The number of hydrogen-bond donors (Lipinski definition) is 3. The summed E-state index contributed by atoms with van der Waals surface area (Å²) >= 11 is 0. The van der Waals surface area contributed by atoms with E-state index in [0.717, 1.165) is 11.3 Å². The van der Waals surface area contributed by atoms with Gasteiger partial charge in [0.05, 0.1) is 19.2 Å². The highest BCUT2D eigenvalue weighted by Crippen LogP contribution is 2.15. The van der Waals surface area contributed by atoms with Crippen LogP contribution in [0.5, 0.6) is 0 Å². The van der Waals surface area contributed by atoms with Crippen LogP contribution in [0.2, 0.25) is 0 Å². The van der Waals surface area contributed by atoms with Crippen molar-refractivity contribution in [2.45, 2.75) is 52.9 Å². The van der Waals surface area contributed by atoms with Gasteiger partial charge in [-0.2, -0.15) is 0 Å². The number of nitrogens with two attached hydrogens (primary N) is 1. The predicted molar refractivity (Wildman–Crippen MR) is 121 cm³/mol. The lowest BCUT2D eigenvalue weighted by molar-refractivity contribution is 0.0493. The number of halogens is 1. The summed E-state index contributed by atoms with van der Waals surface area (Å²) in [4.78, 5) is 16.3. The number of aliphatic imine (C=N–C) groups is 1. The number of anilines is 1. The molecule has 0 aliphatic heterocycles. The molecule has 0 aliphatic rings. The molecule has 0 aromatic heterocycles.